The van der Waals surface area contributed by atoms with Gasteiger partial charge in [0.1, 0.15) is 0 Å². The Balaban J connectivity index is 1.59. The number of ether oxygens (including phenoxy) is 1. The van der Waals surface area contributed by atoms with Gasteiger partial charge in [0.15, 0.2) is 33.5 Å². The van der Waals surface area contributed by atoms with Crippen LogP contribution < -0.4 is 13.8 Å². The highest BCUT2D eigenvalue weighted by Crippen LogP contribution is 2.52. The topological polar surface area (TPSA) is 141 Å². The second kappa shape index (κ2) is 11.3. The van der Waals surface area contributed by atoms with Gasteiger partial charge in [-0.3, -0.25) is 0 Å². The summed E-state index contributed by atoms with van der Waals surface area (Å²) in [5, 5.41) is -0.371. The molecule has 220 valence electrons. The van der Waals surface area contributed by atoms with Crippen molar-refractivity contribution in [2.45, 2.75) is 50.9 Å². The highest BCUT2D eigenvalue weighted by Gasteiger charge is 2.57. The minimum atomic E-state index is -4.70. The predicted molar refractivity (Wildman–Crippen MR) is 153 cm³/mol. The van der Waals surface area contributed by atoms with Crippen LogP contribution in [0, 0.1) is 0 Å². The van der Waals surface area contributed by atoms with E-state index in [1.807, 2.05) is 11.5 Å². The number of aryl methyl sites for hydroxylation is 1. The van der Waals surface area contributed by atoms with E-state index in [9.17, 15) is 25.9 Å². The van der Waals surface area contributed by atoms with Gasteiger partial charge in [-0.05, 0) is 42.7 Å². The van der Waals surface area contributed by atoms with Crippen molar-refractivity contribution in [3.8, 4) is 5.75 Å². The van der Waals surface area contributed by atoms with E-state index in [4.69, 9.17) is 32.4 Å². The van der Waals surface area contributed by atoms with E-state index in [2.05, 4.69) is 0 Å². The van der Waals surface area contributed by atoms with Crippen LogP contribution in [0.2, 0.25) is 10.0 Å². The molecule has 10 nitrogen and oxygen atoms in total. The number of rotatable bonds is 9. The molecule has 1 fully saturated rings. The third-order valence-electron chi connectivity index (χ3n) is 7.49. The number of halogens is 2. The summed E-state index contributed by atoms with van der Waals surface area (Å²) < 4.78 is 84.5. The number of hydrogen-bond acceptors (Lipinski definition) is 8. The van der Waals surface area contributed by atoms with Gasteiger partial charge in [0.25, 0.3) is 5.52 Å². The summed E-state index contributed by atoms with van der Waals surface area (Å²) in [6, 6.07) is 10.1. The van der Waals surface area contributed by atoms with E-state index in [1.54, 1.807) is 48.6 Å². The molecule has 0 amide bonds. The average molecular weight is 644 g/mol. The lowest BCUT2D eigenvalue weighted by Crippen LogP contribution is -2.54. The quantitative estimate of drug-likeness (QED) is 0.137. The molecule has 1 saturated heterocycles. The molecule has 2 aliphatic rings. The smallest absolute Gasteiger partial charge is 0.374 e. The van der Waals surface area contributed by atoms with E-state index in [0.29, 0.717) is 76.7 Å². The van der Waals surface area contributed by atoms with Crippen molar-refractivity contribution in [1.82, 2.24) is 4.48 Å². The normalized spacial score (nSPS) is 22.1. The van der Waals surface area contributed by atoms with Crippen LogP contribution in [0.4, 0.5) is 5.69 Å². The number of fused-ring (bicyclic) bond motifs is 3. The van der Waals surface area contributed by atoms with Crippen LogP contribution >= 0.6 is 23.2 Å². The molecule has 3 aromatic rings. The first-order chi connectivity index (χ1) is 19.3. The van der Waals surface area contributed by atoms with Gasteiger partial charge in [0.2, 0.25) is 5.58 Å². The SMILES string of the molecule is CCC(=Cc1oc2ccc(Cl)cc2[n+]1CCCCS(=O)(=O)[O-])C=C1Oc2ccc(Cl)cc2[N+]12CCCC2S(=O)(=O)[O-]. The van der Waals surface area contributed by atoms with Gasteiger partial charge < -0.3 is 18.3 Å². The molecule has 2 aromatic carbocycles. The zero-order valence-corrected chi connectivity index (χ0v) is 25.2. The maximum atomic E-state index is 12.5. The molecule has 0 saturated carbocycles. The first-order valence-corrected chi connectivity index (χ1v) is 16.9. The fourth-order valence-electron chi connectivity index (χ4n) is 5.64. The largest absolute Gasteiger partial charge is 0.748 e. The molecule has 14 heteroatoms. The zero-order chi connectivity index (χ0) is 29.6. The number of nitrogens with zero attached hydrogens (tertiary/aromatic N) is 2. The Labute approximate surface area is 248 Å². The Kier molecular flexibility index (Phi) is 8.29. The van der Waals surface area contributed by atoms with Crippen LogP contribution in [0.1, 0.15) is 44.9 Å². The van der Waals surface area contributed by atoms with Gasteiger partial charge in [-0.2, -0.15) is 4.57 Å². The third-order valence-corrected chi connectivity index (χ3v) is 10.0. The van der Waals surface area contributed by atoms with Crippen molar-refractivity contribution in [3.63, 3.8) is 0 Å². The number of aromatic nitrogens is 1. The molecule has 0 radical (unpaired) electrons. The summed E-state index contributed by atoms with van der Waals surface area (Å²) >= 11 is 12.5. The summed E-state index contributed by atoms with van der Waals surface area (Å²) in [7, 11) is -9.02. The number of oxazole rings is 1. The molecule has 0 N–H and O–H groups in total. The van der Waals surface area contributed by atoms with E-state index in [0.717, 1.165) is 5.57 Å². The molecule has 5 rings (SSSR count). The molecule has 1 spiro atoms. The second-order valence-corrected chi connectivity index (χ2v) is 14.1. The zero-order valence-electron chi connectivity index (χ0n) is 22.1. The van der Waals surface area contributed by atoms with Crippen molar-refractivity contribution in [3.05, 3.63) is 69.9 Å². The summed E-state index contributed by atoms with van der Waals surface area (Å²) in [6.07, 6.45) is 5.31. The second-order valence-electron chi connectivity index (χ2n) is 10.1. The molecule has 2 aliphatic heterocycles. The Bertz CT molecular complexity index is 1780. The first-order valence-electron chi connectivity index (χ1n) is 13.1. The van der Waals surface area contributed by atoms with Crippen molar-refractivity contribution < 1.29 is 39.7 Å². The van der Waals surface area contributed by atoms with E-state index in [-0.39, 0.29) is 17.3 Å². The van der Waals surface area contributed by atoms with Gasteiger partial charge in [-0.1, -0.05) is 30.1 Å². The van der Waals surface area contributed by atoms with Gasteiger partial charge in [0.05, 0.1) is 22.7 Å². The summed E-state index contributed by atoms with van der Waals surface area (Å²) in [6.45, 7) is 2.63. The summed E-state index contributed by atoms with van der Waals surface area (Å²) in [5.41, 5.74) is 2.51. The average Bonchev–Trinajstić information content (AvgIpc) is 3.56. The van der Waals surface area contributed by atoms with E-state index in [1.165, 1.54) is 0 Å². The highest BCUT2D eigenvalue weighted by molar-refractivity contribution is 7.86. The fourth-order valence-corrected chi connectivity index (χ4v) is 7.75. The fraction of sp³-hybridized carbons (Fsp3) is 0.370. The molecule has 1 aromatic heterocycles. The van der Waals surface area contributed by atoms with Gasteiger partial charge in [-0.25, -0.2) is 21.3 Å². The van der Waals surface area contributed by atoms with Crippen molar-refractivity contribution in [2.24, 2.45) is 0 Å². The molecule has 41 heavy (non-hydrogen) atoms. The Morgan fingerprint density at radius 2 is 1.83 bits per heavy atom. The summed E-state index contributed by atoms with van der Waals surface area (Å²) in [5.74, 6) is 0.727. The van der Waals surface area contributed by atoms with Crippen molar-refractivity contribution in [2.75, 3.05) is 12.3 Å². The minimum Gasteiger partial charge on any atom is -0.748 e. The summed E-state index contributed by atoms with van der Waals surface area (Å²) in [4.78, 5) is 0. The lowest BCUT2D eigenvalue weighted by molar-refractivity contribution is -0.678. The molecular weight excluding hydrogens is 615 g/mol. The van der Waals surface area contributed by atoms with Crippen LogP contribution in [0.3, 0.4) is 0 Å². The Morgan fingerprint density at radius 3 is 2.54 bits per heavy atom. The lowest BCUT2D eigenvalue weighted by Gasteiger charge is -2.35. The number of unbranched alkanes of at least 4 members (excludes halogenated alkanes) is 1. The first kappa shape index (κ1) is 30.0. The van der Waals surface area contributed by atoms with Crippen LogP contribution in [0.25, 0.3) is 17.2 Å². The molecule has 0 bridgehead atoms. The Morgan fingerprint density at radius 1 is 1.10 bits per heavy atom. The maximum Gasteiger partial charge on any atom is 0.374 e. The minimum absolute atomic E-state index is 0.180. The van der Waals surface area contributed by atoms with Crippen LogP contribution in [0.15, 0.2) is 58.3 Å². The maximum absolute atomic E-state index is 12.5. The molecular formula is C27H28Cl2N2O8S2. The monoisotopic (exact) mass is 642 g/mol. The number of quaternary nitrogens is 1. The van der Waals surface area contributed by atoms with Crippen LogP contribution in [-0.4, -0.2) is 43.6 Å². The van der Waals surface area contributed by atoms with Gasteiger partial charge >= 0.3 is 11.8 Å². The number of allylic oxidation sites excluding steroid dienone is 2. The third kappa shape index (κ3) is 6.05. The molecule has 3 heterocycles. The lowest BCUT2D eigenvalue weighted by atomic mass is 10.1. The van der Waals surface area contributed by atoms with Crippen molar-refractivity contribution in [1.29, 1.82) is 0 Å². The molecule has 2 unspecified atom stereocenters. The van der Waals surface area contributed by atoms with Gasteiger partial charge in [-0.15, -0.1) is 0 Å². The highest BCUT2D eigenvalue weighted by atomic mass is 35.5. The Hall–Kier alpha value is -2.45. The predicted octanol–water partition coefficient (Wildman–Crippen LogP) is 5.05. The van der Waals surface area contributed by atoms with Gasteiger partial charge in [0, 0.05) is 53.3 Å². The standard InChI is InChI=1S/C27H28Cl2N2O8S2/c1-2-18(14-25-30(11-3-4-13-40(32,33)34)21-16-19(28)7-9-23(21)38-25)15-26-31(12-5-6-27(31)41(35,36)37)22-17-20(29)8-10-24(22)39-26/h7-10,14-17,27H,2-6,11-13H2,1H3. The molecule has 0 aliphatic carbocycles. The molecule has 2 atom stereocenters. The van der Waals surface area contributed by atoms with Crippen LogP contribution in [0.5, 0.6) is 5.75 Å². The van der Waals surface area contributed by atoms with E-state index < -0.39 is 31.4 Å². The van der Waals surface area contributed by atoms with Crippen molar-refractivity contribution >= 4 is 66.3 Å². The van der Waals surface area contributed by atoms with E-state index >= 15 is 0 Å². The van der Waals surface area contributed by atoms with Crippen LogP contribution in [-0.2, 0) is 26.8 Å². The number of hydrogen-bond donors (Lipinski definition) is 0. The number of benzene rings is 2.